The number of aromatic amines is 1. The number of anilines is 1. The highest BCUT2D eigenvalue weighted by Crippen LogP contribution is 2.31. The number of imide groups is 1. The molecule has 1 saturated heterocycles. The lowest BCUT2D eigenvalue weighted by Crippen LogP contribution is -2.39. The van der Waals surface area contributed by atoms with Gasteiger partial charge < -0.3 is 19.8 Å². The molecule has 0 saturated carbocycles. The molecule has 0 unspecified atom stereocenters. The summed E-state index contributed by atoms with van der Waals surface area (Å²) in [5.41, 5.74) is 3.95. The van der Waals surface area contributed by atoms with Gasteiger partial charge in [-0.15, -0.1) is 0 Å². The lowest BCUT2D eigenvalue weighted by Gasteiger charge is -2.17. The molecule has 2 amide bonds. The van der Waals surface area contributed by atoms with Gasteiger partial charge in [-0.1, -0.05) is 11.6 Å². The Hall–Kier alpha value is -3.32. The van der Waals surface area contributed by atoms with Crippen molar-refractivity contribution in [2.75, 3.05) is 25.7 Å². The van der Waals surface area contributed by atoms with Gasteiger partial charge in [0.25, 0.3) is 5.91 Å². The minimum absolute atomic E-state index is 0.130. The van der Waals surface area contributed by atoms with Crippen LogP contribution in [0.25, 0.3) is 10.9 Å². The summed E-state index contributed by atoms with van der Waals surface area (Å²) in [6.45, 7) is 2.67. The normalized spacial score (nSPS) is 16.5. The number of nitrogens with one attached hydrogen (secondary N) is 2. The van der Waals surface area contributed by atoms with E-state index in [9.17, 15) is 9.59 Å². The third-order valence-corrected chi connectivity index (χ3v) is 5.45. The van der Waals surface area contributed by atoms with Crippen LogP contribution >= 0.6 is 0 Å². The maximum Gasteiger partial charge on any atom is 0.251 e. The highest BCUT2D eigenvalue weighted by Gasteiger charge is 2.39. The predicted molar refractivity (Wildman–Crippen MR) is 115 cm³/mol. The van der Waals surface area contributed by atoms with E-state index in [1.807, 2.05) is 6.20 Å². The maximum absolute atomic E-state index is 12.9. The van der Waals surface area contributed by atoms with E-state index in [1.165, 1.54) is 35.6 Å². The van der Waals surface area contributed by atoms with E-state index in [-0.39, 0.29) is 18.2 Å². The van der Waals surface area contributed by atoms with Crippen LogP contribution in [0.5, 0.6) is 11.5 Å². The van der Waals surface area contributed by atoms with Crippen molar-refractivity contribution in [3.63, 3.8) is 0 Å². The van der Waals surface area contributed by atoms with Crippen molar-refractivity contribution >= 4 is 28.4 Å². The standard InChI is InChI=1S/C23H25N3O4/c1-14-4-5-20-19(8-14)15(13-25-20)6-7-24-21-12-22(27)26(23(21)28)16-9-17(29-2)11-18(10-16)30-3/h4-5,8-11,13,21,24-25H,6-7,12H2,1-3H3/t21-/m0/s1. The smallest absolute Gasteiger partial charge is 0.251 e. The van der Waals surface area contributed by atoms with Crippen LogP contribution in [0.3, 0.4) is 0 Å². The Bertz CT molecular complexity index is 1080. The Morgan fingerprint density at radius 1 is 1.10 bits per heavy atom. The van der Waals surface area contributed by atoms with E-state index >= 15 is 0 Å². The van der Waals surface area contributed by atoms with E-state index < -0.39 is 6.04 Å². The number of hydrogen-bond acceptors (Lipinski definition) is 5. The van der Waals surface area contributed by atoms with Crippen LogP contribution in [0.2, 0.25) is 0 Å². The summed E-state index contributed by atoms with van der Waals surface area (Å²) >= 11 is 0. The average Bonchev–Trinajstić information content (AvgIpc) is 3.27. The third kappa shape index (κ3) is 3.76. The Labute approximate surface area is 175 Å². The molecular weight excluding hydrogens is 382 g/mol. The van der Waals surface area contributed by atoms with Gasteiger partial charge in [-0.05, 0) is 31.0 Å². The van der Waals surface area contributed by atoms with Crippen LogP contribution in [0.1, 0.15) is 17.5 Å². The number of aryl methyl sites for hydroxylation is 1. The topological polar surface area (TPSA) is 83.7 Å². The van der Waals surface area contributed by atoms with Crippen molar-refractivity contribution in [1.82, 2.24) is 10.3 Å². The largest absolute Gasteiger partial charge is 0.497 e. The molecule has 3 aromatic rings. The van der Waals surface area contributed by atoms with Crippen LogP contribution in [-0.4, -0.2) is 43.6 Å². The second kappa shape index (κ2) is 8.20. The lowest BCUT2D eigenvalue weighted by atomic mass is 10.1. The number of fused-ring (bicyclic) bond motifs is 1. The lowest BCUT2D eigenvalue weighted by molar-refractivity contribution is -0.121. The van der Waals surface area contributed by atoms with Gasteiger partial charge in [-0.3, -0.25) is 9.59 Å². The highest BCUT2D eigenvalue weighted by molar-refractivity contribution is 6.22. The zero-order chi connectivity index (χ0) is 21.3. The molecule has 1 aliphatic rings. The fourth-order valence-corrected chi connectivity index (χ4v) is 3.86. The number of benzene rings is 2. The Morgan fingerprint density at radius 2 is 1.83 bits per heavy atom. The summed E-state index contributed by atoms with van der Waals surface area (Å²) in [7, 11) is 3.06. The Morgan fingerprint density at radius 3 is 2.53 bits per heavy atom. The molecule has 4 rings (SSSR count). The van der Waals surface area contributed by atoms with Gasteiger partial charge >= 0.3 is 0 Å². The van der Waals surface area contributed by atoms with E-state index in [0.717, 1.165) is 11.9 Å². The molecule has 1 aliphatic heterocycles. The van der Waals surface area contributed by atoms with E-state index in [4.69, 9.17) is 9.47 Å². The van der Waals surface area contributed by atoms with Crippen molar-refractivity contribution in [3.05, 3.63) is 53.7 Å². The fraction of sp³-hybridized carbons (Fsp3) is 0.304. The molecule has 0 radical (unpaired) electrons. The molecule has 0 bridgehead atoms. The van der Waals surface area contributed by atoms with Gasteiger partial charge in [0, 0.05) is 41.8 Å². The summed E-state index contributed by atoms with van der Waals surface area (Å²) in [5, 5.41) is 4.44. The number of nitrogens with zero attached hydrogens (tertiary/aromatic N) is 1. The van der Waals surface area contributed by atoms with Gasteiger partial charge in [0.2, 0.25) is 5.91 Å². The molecule has 2 N–H and O–H groups in total. The molecule has 1 fully saturated rings. The minimum atomic E-state index is -0.540. The molecule has 7 nitrogen and oxygen atoms in total. The van der Waals surface area contributed by atoms with Crippen molar-refractivity contribution in [1.29, 1.82) is 0 Å². The third-order valence-electron chi connectivity index (χ3n) is 5.45. The summed E-state index contributed by atoms with van der Waals surface area (Å²) in [6.07, 6.45) is 2.89. The van der Waals surface area contributed by atoms with Gasteiger partial charge in [0.15, 0.2) is 0 Å². The van der Waals surface area contributed by atoms with Crippen LogP contribution in [0, 0.1) is 6.92 Å². The van der Waals surface area contributed by atoms with Crippen molar-refractivity contribution < 1.29 is 19.1 Å². The summed E-state index contributed by atoms with van der Waals surface area (Å²) < 4.78 is 10.5. The predicted octanol–water partition coefficient (Wildman–Crippen LogP) is 2.96. The first-order chi connectivity index (χ1) is 14.5. The summed E-state index contributed by atoms with van der Waals surface area (Å²) in [4.78, 5) is 30.0. The number of ether oxygens (including phenoxy) is 2. The molecule has 2 aromatic carbocycles. The van der Waals surface area contributed by atoms with Gasteiger partial charge in [-0.25, -0.2) is 4.90 Å². The van der Waals surface area contributed by atoms with Crippen LogP contribution in [0.15, 0.2) is 42.6 Å². The molecule has 1 atom stereocenters. The number of aromatic nitrogens is 1. The first-order valence-electron chi connectivity index (χ1n) is 9.90. The first-order valence-corrected chi connectivity index (χ1v) is 9.90. The van der Waals surface area contributed by atoms with Crippen molar-refractivity contribution in [2.24, 2.45) is 0 Å². The molecular formula is C23H25N3O4. The highest BCUT2D eigenvalue weighted by atomic mass is 16.5. The van der Waals surface area contributed by atoms with Crippen LogP contribution in [-0.2, 0) is 16.0 Å². The minimum Gasteiger partial charge on any atom is -0.497 e. The second-order valence-electron chi connectivity index (χ2n) is 7.46. The maximum atomic E-state index is 12.9. The quantitative estimate of drug-likeness (QED) is 0.589. The number of carbonyl (C=O) groups excluding carboxylic acids is 2. The zero-order valence-corrected chi connectivity index (χ0v) is 17.3. The molecule has 0 spiro atoms. The zero-order valence-electron chi connectivity index (χ0n) is 17.3. The van der Waals surface area contributed by atoms with Gasteiger partial charge in [0.1, 0.15) is 11.5 Å². The molecule has 7 heteroatoms. The molecule has 1 aromatic heterocycles. The summed E-state index contributed by atoms with van der Waals surface area (Å²) in [5.74, 6) is 0.549. The molecule has 2 heterocycles. The van der Waals surface area contributed by atoms with E-state index in [1.54, 1.807) is 18.2 Å². The average molecular weight is 407 g/mol. The molecule has 0 aliphatic carbocycles. The first kappa shape index (κ1) is 20.0. The fourth-order valence-electron chi connectivity index (χ4n) is 3.86. The van der Waals surface area contributed by atoms with E-state index in [2.05, 4.69) is 35.4 Å². The molecule has 30 heavy (non-hydrogen) atoms. The number of carbonyl (C=O) groups is 2. The number of H-pyrrole nitrogens is 1. The van der Waals surface area contributed by atoms with Gasteiger partial charge in [-0.2, -0.15) is 0 Å². The Kier molecular flexibility index (Phi) is 5.46. The number of hydrogen-bond donors (Lipinski definition) is 2. The number of rotatable bonds is 7. The molecule has 156 valence electrons. The summed E-state index contributed by atoms with van der Waals surface area (Å²) in [6, 6.07) is 10.8. The van der Waals surface area contributed by atoms with Crippen molar-refractivity contribution in [2.45, 2.75) is 25.8 Å². The van der Waals surface area contributed by atoms with E-state index in [0.29, 0.717) is 23.7 Å². The second-order valence-corrected chi connectivity index (χ2v) is 7.46. The Balaban J connectivity index is 1.45. The SMILES string of the molecule is COc1cc(OC)cc(N2C(=O)C[C@H](NCCc3c[nH]c4ccc(C)cc34)C2=O)c1. The van der Waals surface area contributed by atoms with Crippen molar-refractivity contribution in [3.8, 4) is 11.5 Å². The monoisotopic (exact) mass is 407 g/mol. The number of methoxy groups -OCH3 is 2. The number of amides is 2. The van der Waals surface area contributed by atoms with Crippen LogP contribution < -0.4 is 19.7 Å². The van der Waals surface area contributed by atoms with Gasteiger partial charge in [0.05, 0.1) is 32.4 Å². The van der Waals surface area contributed by atoms with Crippen LogP contribution in [0.4, 0.5) is 5.69 Å².